The van der Waals surface area contributed by atoms with Crippen LogP contribution in [0.5, 0.6) is 34.5 Å². The topological polar surface area (TPSA) is 314 Å². The molecule has 0 aromatic heterocycles. The molecule has 20 heteroatoms. The van der Waals surface area contributed by atoms with E-state index in [0.717, 1.165) is 29.7 Å². The third-order valence-corrected chi connectivity index (χ3v) is 10.0. The van der Waals surface area contributed by atoms with Gasteiger partial charge in [0.15, 0.2) is 41.3 Å². The van der Waals surface area contributed by atoms with E-state index in [1.54, 1.807) is 6.92 Å². The molecule has 7 atom stereocenters. The van der Waals surface area contributed by atoms with Crippen LogP contribution in [0.1, 0.15) is 57.7 Å². The lowest BCUT2D eigenvalue weighted by molar-refractivity contribution is -0.357. The Morgan fingerprint density at radius 2 is 1.78 bits per heavy atom. The monoisotopic (exact) mass is 830 g/mol. The molecule has 0 radical (unpaired) electrons. The molecule has 0 unspecified atom stereocenters. The van der Waals surface area contributed by atoms with Crippen molar-refractivity contribution in [3.63, 3.8) is 0 Å². The summed E-state index contributed by atoms with van der Waals surface area (Å²) in [4.78, 5) is 29.8. The van der Waals surface area contributed by atoms with Gasteiger partial charge < -0.3 is 85.6 Å². The first-order valence-corrected chi connectivity index (χ1v) is 18.6. The molecule has 3 aromatic rings. The van der Waals surface area contributed by atoms with Gasteiger partial charge in [0.2, 0.25) is 24.1 Å². The van der Waals surface area contributed by atoms with E-state index in [1.807, 2.05) is 31.2 Å². The van der Waals surface area contributed by atoms with Crippen LogP contribution in [0.4, 0.5) is 5.69 Å². The normalized spacial score (nSPS) is 23.6. The van der Waals surface area contributed by atoms with Crippen molar-refractivity contribution >= 4 is 23.6 Å². The highest BCUT2D eigenvalue weighted by Crippen LogP contribution is 2.51. The summed E-state index contributed by atoms with van der Waals surface area (Å²) >= 11 is 0. The molecule has 12 N–H and O–H groups in total. The predicted molar refractivity (Wildman–Crippen MR) is 207 cm³/mol. The molecule has 1 spiro atoms. The number of aliphatic hydroxyl groups is 5. The van der Waals surface area contributed by atoms with Gasteiger partial charge in [0.1, 0.15) is 23.9 Å². The number of nitrogens with two attached hydrogens (primary N) is 1. The van der Waals surface area contributed by atoms with Crippen molar-refractivity contribution in [2.75, 3.05) is 39.4 Å². The Hall–Kier alpha value is -5.77. The minimum atomic E-state index is -2.46. The number of fused-ring (bicyclic) bond motifs is 1. The van der Waals surface area contributed by atoms with Crippen molar-refractivity contribution in [2.24, 2.45) is 10.7 Å². The zero-order chi connectivity index (χ0) is 43.2. The minimum absolute atomic E-state index is 0.0278. The number of carbonyl (C=O) groups is 2. The number of aromatic hydroxyl groups is 2. The van der Waals surface area contributed by atoms with Crippen LogP contribution in [0.25, 0.3) is 0 Å². The quantitative estimate of drug-likeness (QED) is 0.0425. The molecule has 1 saturated heterocycles. The Balaban J connectivity index is 1.49. The molecule has 2 aliphatic rings. The number of esters is 1. The molecular weight excluding hydrogens is 780 g/mol. The van der Waals surface area contributed by atoms with E-state index in [9.17, 15) is 50.4 Å². The number of phenolic OH excluding ortho intramolecular Hbond substituents is 2. The second-order valence-electron chi connectivity index (χ2n) is 13.9. The van der Waals surface area contributed by atoms with Crippen molar-refractivity contribution < 1.29 is 78.9 Å². The van der Waals surface area contributed by atoms with Gasteiger partial charge in [-0.2, -0.15) is 0 Å². The van der Waals surface area contributed by atoms with Crippen LogP contribution >= 0.6 is 0 Å². The fraction of sp³-hybridized carbons (Fsp3) is 0.462. The summed E-state index contributed by atoms with van der Waals surface area (Å²) in [7, 11) is 2.60. The van der Waals surface area contributed by atoms with Gasteiger partial charge in [-0.25, -0.2) is 9.59 Å². The fourth-order valence-electron chi connectivity index (χ4n) is 6.78. The number of hydrogen-bond acceptors (Lipinski definition) is 17. The fourth-order valence-corrected chi connectivity index (χ4v) is 6.78. The van der Waals surface area contributed by atoms with Gasteiger partial charge in [0, 0.05) is 37.2 Å². The smallest absolute Gasteiger partial charge is 0.344 e. The van der Waals surface area contributed by atoms with E-state index < -0.39 is 90.3 Å². The van der Waals surface area contributed by atoms with Gasteiger partial charge in [-0.3, -0.25) is 4.99 Å². The number of phenols is 2. The summed E-state index contributed by atoms with van der Waals surface area (Å²) < 4.78 is 34.3. The average Bonchev–Trinajstić information content (AvgIpc) is 3.21. The van der Waals surface area contributed by atoms with E-state index in [2.05, 4.69) is 15.6 Å². The molecule has 20 nitrogen and oxygen atoms in total. The highest BCUT2D eigenvalue weighted by Gasteiger charge is 2.60. The Bertz CT molecular complexity index is 2030. The van der Waals surface area contributed by atoms with Crippen LogP contribution in [-0.4, -0.2) is 135 Å². The van der Waals surface area contributed by atoms with E-state index >= 15 is 0 Å². The molecular formula is C39H50N4O16. The molecule has 322 valence electrons. The van der Waals surface area contributed by atoms with Crippen LogP contribution in [0.3, 0.4) is 0 Å². The van der Waals surface area contributed by atoms with Gasteiger partial charge >= 0.3 is 11.9 Å². The number of nitrogens with one attached hydrogen (secondary N) is 2. The summed E-state index contributed by atoms with van der Waals surface area (Å²) in [5.41, 5.74) is 4.21. The maximum absolute atomic E-state index is 13.8. The Kier molecular flexibility index (Phi) is 14.2. The van der Waals surface area contributed by atoms with Crippen LogP contribution in [-0.2, 0) is 28.7 Å². The summed E-state index contributed by atoms with van der Waals surface area (Å²) in [6, 6.07) is 9.31. The van der Waals surface area contributed by atoms with Gasteiger partial charge in [0.25, 0.3) is 0 Å². The number of aromatic carboxylic acids is 1. The molecule has 0 saturated carbocycles. The Morgan fingerprint density at radius 1 is 1.05 bits per heavy atom. The largest absolute Gasteiger partial charge is 0.504 e. The maximum atomic E-state index is 13.8. The van der Waals surface area contributed by atoms with Crippen LogP contribution in [0.15, 0.2) is 41.4 Å². The van der Waals surface area contributed by atoms with E-state index in [4.69, 9.17) is 34.2 Å². The van der Waals surface area contributed by atoms with E-state index in [1.165, 1.54) is 14.2 Å². The number of rotatable bonds is 15. The number of aliphatic imine (C=N–C) groups is 1. The molecule has 5 rings (SSSR count). The van der Waals surface area contributed by atoms with Gasteiger partial charge in [-0.15, -0.1) is 0 Å². The van der Waals surface area contributed by atoms with E-state index in [-0.39, 0.29) is 59.8 Å². The number of cyclic esters (lactones) is 1. The minimum Gasteiger partial charge on any atom is -0.504 e. The lowest BCUT2D eigenvalue weighted by Gasteiger charge is -2.50. The summed E-state index contributed by atoms with van der Waals surface area (Å²) in [5, 5.41) is 92.8. The average molecular weight is 831 g/mol. The molecule has 0 aliphatic carbocycles. The zero-order valence-electron chi connectivity index (χ0n) is 32.7. The standard InChI is InChI=1S/C39H50N4O16/c1-5-19-7-6-8-20(13-19)10-12-55-32-27(45)26-21(31(54-4)30(32)48)9-11-39(37(53)58-35(26)52)33(49)28(46)29(47)36(59-39)57-25-15-23(43-18(2)16-44)22(34(50)51)14-24(25)56-17-42-38(40)41-3/h6-8,13-15,18,28-29,33,36-37,43-49,53H,5,9-12,16-17H2,1-4H3,(H,50,51)(H3,40,41,42)/t18-,28-,29-,33+,36-,37-,39-/m1/s1. The Morgan fingerprint density at radius 3 is 2.44 bits per heavy atom. The van der Waals surface area contributed by atoms with Gasteiger partial charge in [-0.05, 0) is 37.3 Å². The third-order valence-electron chi connectivity index (χ3n) is 10.0. The number of hydrogen-bond donors (Lipinski definition) is 11. The molecule has 2 aliphatic heterocycles. The second-order valence-corrected chi connectivity index (χ2v) is 13.9. The number of carboxylic acids is 1. The van der Waals surface area contributed by atoms with Crippen LogP contribution in [0.2, 0.25) is 0 Å². The summed E-state index contributed by atoms with van der Waals surface area (Å²) in [6.45, 7) is 2.78. The highest BCUT2D eigenvalue weighted by molar-refractivity contribution is 5.97. The molecule has 0 amide bonds. The molecule has 59 heavy (non-hydrogen) atoms. The first kappa shape index (κ1) is 44.3. The number of anilines is 1. The van der Waals surface area contributed by atoms with Gasteiger partial charge in [0.05, 0.1) is 31.6 Å². The van der Waals surface area contributed by atoms with Crippen molar-refractivity contribution in [1.29, 1.82) is 0 Å². The Labute approximate surface area is 338 Å². The number of guanidine groups is 1. The number of aliphatic hydroxyl groups excluding tert-OH is 5. The van der Waals surface area contributed by atoms with Gasteiger partial charge in [-0.1, -0.05) is 31.2 Å². The number of ether oxygens (including phenoxy) is 6. The number of carbonyl (C=O) groups excluding carboxylic acids is 1. The summed E-state index contributed by atoms with van der Waals surface area (Å²) in [5.74, 6) is -5.59. The lowest BCUT2D eigenvalue weighted by Crippen LogP contribution is -2.70. The summed E-state index contributed by atoms with van der Waals surface area (Å²) in [6.07, 6.45) is -10.4. The van der Waals surface area contributed by atoms with Crippen LogP contribution < -0.4 is 35.3 Å². The molecule has 3 aromatic carbocycles. The van der Waals surface area contributed by atoms with Crippen molar-refractivity contribution in [2.45, 2.75) is 82.1 Å². The second kappa shape index (κ2) is 18.9. The number of aryl methyl sites for hydroxylation is 1. The number of carboxylic acid groups (broad SMARTS) is 1. The number of benzene rings is 3. The number of methoxy groups -OCH3 is 1. The third kappa shape index (κ3) is 9.27. The first-order chi connectivity index (χ1) is 28.1. The molecule has 0 bridgehead atoms. The highest BCUT2D eigenvalue weighted by atomic mass is 16.7. The van der Waals surface area contributed by atoms with Crippen molar-refractivity contribution in [3.05, 3.63) is 64.2 Å². The SMILES string of the molecule is CCc1cccc(CCOc2c(O)c(OC)c3c(c2O)C(=O)O[C@@H](O)[C@]2(CC3)O[C@@H](Oc3cc(N[C@H](C)CO)c(C(=O)O)cc3OCNC(N)=NC)[C@H](O)[C@@H](O)[C@@H]2O)c1. The zero-order valence-corrected chi connectivity index (χ0v) is 32.7. The lowest BCUT2D eigenvalue weighted by atomic mass is 9.80. The molecule has 1 fully saturated rings. The number of nitrogens with zero attached hydrogens (tertiary/aromatic N) is 1. The first-order valence-electron chi connectivity index (χ1n) is 18.6. The maximum Gasteiger partial charge on any atom is 0.344 e. The van der Waals surface area contributed by atoms with Crippen molar-refractivity contribution in [3.8, 4) is 34.5 Å². The van der Waals surface area contributed by atoms with Crippen LogP contribution in [0, 0.1) is 0 Å². The van der Waals surface area contributed by atoms with E-state index in [0.29, 0.717) is 6.42 Å². The predicted octanol–water partition coefficient (Wildman–Crippen LogP) is 0.330. The molecule has 2 heterocycles. The van der Waals surface area contributed by atoms with Crippen molar-refractivity contribution in [1.82, 2.24) is 5.32 Å².